The van der Waals surface area contributed by atoms with Gasteiger partial charge in [-0.25, -0.2) is 0 Å². The van der Waals surface area contributed by atoms with Crippen LogP contribution in [0.5, 0.6) is 0 Å². The van der Waals surface area contributed by atoms with Gasteiger partial charge in [0.05, 0.1) is 5.69 Å². The zero-order valence-corrected chi connectivity index (χ0v) is 9.98. The van der Waals surface area contributed by atoms with E-state index in [4.69, 9.17) is 0 Å². The zero-order valence-electron chi connectivity index (χ0n) is 9.98. The van der Waals surface area contributed by atoms with Crippen molar-refractivity contribution in [2.75, 3.05) is 5.32 Å². The minimum atomic E-state index is 0.591. The summed E-state index contributed by atoms with van der Waals surface area (Å²) in [6, 6.07) is 11.1. The molecule has 1 aliphatic rings. The van der Waals surface area contributed by atoms with Gasteiger partial charge in [0.15, 0.2) is 0 Å². The first kappa shape index (κ1) is 10.4. The lowest BCUT2D eigenvalue weighted by Gasteiger charge is -2.14. The highest BCUT2D eigenvalue weighted by Gasteiger charge is 2.27. The molecule has 1 saturated carbocycles. The minimum Gasteiger partial charge on any atom is -0.382 e. The van der Waals surface area contributed by atoms with Crippen LogP contribution in [-0.2, 0) is 0 Å². The molecule has 2 aromatic rings. The molecule has 1 heterocycles. The first-order valence-electron chi connectivity index (χ1n) is 6.19. The molecule has 17 heavy (non-hydrogen) atoms. The second-order valence-electron chi connectivity index (χ2n) is 4.82. The van der Waals surface area contributed by atoms with Gasteiger partial charge in [-0.05, 0) is 49.4 Å². The number of aromatic nitrogens is 2. The number of nitrogens with zero attached hydrogens (tertiary/aromatic N) is 1. The predicted octanol–water partition coefficient (Wildman–Crippen LogP) is 3.29. The molecular weight excluding hydrogens is 210 g/mol. The quantitative estimate of drug-likeness (QED) is 0.841. The van der Waals surface area contributed by atoms with Crippen molar-refractivity contribution in [3.05, 3.63) is 36.5 Å². The molecule has 2 N–H and O–H groups in total. The van der Waals surface area contributed by atoms with E-state index < -0.39 is 0 Å². The van der Waals surface area contributed by atoms with Crippen LogP contribution >= 0.6 is 0 Å². The number of H-pyrrole nitrogens is 1. The molecule has 0 amide bonds. The number of anilines is 1. The summed E-state index contributed by atoms with van der Waals surface area (Å²) in [6.07, 6.45) is 4.53. The van der Waals surface area contributed by atoms with Gasteiger partial charge in [-0.15, -0.1) is 0 Å². The average Bonchev–Trinajstić information content (AvgIpc) is 3.07. The molecule has 3 rings (SSSR count). The zero-order chi connectivity index (χ0) is 11.7. The fourth-order valence-electron chi connectivity index (χ4n) is 2.14. The molecule has 1 unspecified atom stereocenters. The Labute approximate surface area is 101 Å². The van der Waals surface area contributed by atoms with Gasteiger partial charge in [-0.3, -0.25) is 5.10 Å². The van der Waals surface area contributed by atoms with E-state index in [1.165, 1.54) is 24.1 Å². The van der Waals surface area contributed by atoms with E-state index in [1.807, 2.05) is 6.07 Å². The van der Waals surface area contributed by atoms with Crippen LogP contribution in [0, 0.1) is 5.92 Å². The predicted molar refractivity (Wildman–Crippen MR) is 69.8 cm³/mol. The lowest BCUT2D eigenvalue weighted by atomic mass is 10.1. The van der Waals surface area contributed by atoms with Crippen molar-refractivity contribution in [2.45, 2.75) is 25.8 Å². The molecule has 0 saturated heterocycles. The number of benzene rings is 1. The SMILES string of the molecule is CC(Nc1ccc(-c2ccn[nH]2)cc1)C1CC1. The van der Waals surface area contributed by atoms with Gasteiger partial charge >= 0.3 is 0 Å². The molecule has 3 heteroatoms. The average molecular weight is 227 g/mol. The Kier molecular flexibility index (Phi) is 2.59. The largest absolute Gasteiger partial charge is 0.382 e. The van der Waals surface area contributed by atoms with Gasteiger partial charge in [0.25, 0.3) is 0 Å². The van der Waals surface area contributed by atoms with E-state index in [2.05, 4.69) is 46.7 Å². The van der Waals surface area contributed by atoms with Crippen molar-refractivity contribution in [1.29, 1.82) is 0 Å². The summed E-state index contributed by atoms with van der Waals surface area (Å²) in [7, 11) is 0. The molecule has 1 fully saturated rings. The third-order valence-corrected chi connectivity index (χ3v) is 3.42. The maximum absolute atomic E-state index is 3.96. The Morgan fingerprint density at radius 1 is 1.24 bits per heavy atom. The van der Waals surface area contributed by atoms with Crippen molar-refractivity contribution in [3.8, 4) is 11.3 Å². The molecule has 3 nitrogen and oxygen atoms in total. The highest BCUT2D eigenvalue weighted by atomic mass is 15.1. The molecule has 88 valence electrons. The smallest absolute Gasteiger partial charge is 0.0650 e. The Hall–Kier alpha value is -1.77. The monoisotopic (exact) mass is 227 g/mol. The third kappa shape index (κ3) is 2.33. The molecule has 0 spiro atoms. The second kappa shape index (κ2) is 4.24. The first-order valence-corrected chi connectivity index (χ1v) is 6.19. The molecule has 0 bridgehead atoms. The summed E-state index contributed by atoms with van der Waals surface area (Å²) in [5.41, 5.74) is 3.44. The van der Waals surface area contributed by atoms with E-state index in [-0.39, 0.29) is 0 Å². The molecule has 1 aromatic heterocycles. The van der Waals surface area contributed by atoms with Gasteiger partial charge in [0.1, 0.15) is 0 Å². The second-order valence-corrected chi connectivity index (χ2v) is 4.82. The highest BCUT2D eigenvalue weighted by molar-refractivity contribution is 5.62. The highest BCUT2D eigenvalue weighted by Crippen LogP contribution is 2.34. The Balaban J connectivity index is 1.71. The van der Waals surface area contributed by atoms with Gasteiger partial charge in [0.2, 0.25) is 0 Å². The molecule has 1 aliphatic carbocycles. The van der Waals surface area contributed by atoms with Gasteiger partial charge in [-0.2, -0.15) is 5.10 Å². The molecule has 0 aliphatic heterocycles. The van der Waals surface area contributed by atoms with Crippen molar-refractivity contribution < 1.29 is 0 Å². The van der Waals surface area contributed by atoms with Crippen LogP contribution in [0.15, 0.2) is 36.5 Å². The Bertz CT molecular complexity index is 469. The summed E-state index contributed by atoms with van der Waals surface area (Å²) in [5.74, 6) is 0.877. The standard InChI is InChI=1S/C14H17N3/c1-10(11-2-3-11)16-13-6-4-12(5-7-13)14-8-9-15-17-14/h4-11,16H,2-3H2,1H3,(H,15,17). The van der Waals surface area contributed by atoms with Crippen molar-refractivity contribution in [1.82, 2.24) is 10.2 Å². The Morgan fingerprint density at radius 2 is 2.00 bits per heavy atom. The minimum absolute atomic E-state index is 0.591. The van der Waals surface area contributed by atoms with Crippen molar-refractivity contribution in [3.63, 3.8) is 0 Å². The lowest BCUT2D eigenvalue weighted by Crippen LogP contribution is -2.16. The number of aromatic amines is 1. The van der Waals surface area contributed by atoms with Crippen LogP contribution < -0.4 is 5.32 Å². The van der Waals surface area contributed by atoms with Crippen LogP contribution in [0.1, 0.15) is 19.8 Å². The van der Waals surface area contributed by atoms with Gasteiger partial charge < -0.3 is 5.32 Å². The number of hydrogen-bond donors (Lipinski definition) is 2. The van der Waals surface area contributed by atoms with E-state index >= 15 is 0 Å². The summed E-state index contributed by atoms with van der Waals surface area (Å²) >= 11 is 0. The topological polar surface area (TPSA) is 40.7 Å². The number of rotatable bonds is 4. The fraction of sp³-hybridized carbons (Fsp3) is 0.357. The first-order chi connectivity index (χ1) is 8.33. The van der Waals surface area contributed by atoms with E-state index in [0.29, 0.717) is 6.04 Å². The van der Waals surface area contributed by atoms with E-state index in [9.17, 15) is 0 Å². The van der Waals surface area contributed by atoms with E-state index in [1.54, 1.807) is 6.20 Å². The molecule has 1 aromatic carbocycles. The summed E-state index contributed by atoms with van der Waals surface area (Å²) < 4.78 is 0. The van der Waals surface area contributed by atoms with Crippen LogP contribution in [0.4, 0.5) is 5.69 Å². The summed E-state index contributed by atoms with van der Waals surface area (Å²) in [5, 5.41) is 10.5. The van der Waals surface area contributed by atoms with Crippen LogP contribution in [0.2, 0.25) is 0 Å². The molecule has 1 atom stereocenters. The Morgan fingerprint density at radius 3 is 2.59 bits per heavy atom. The van der Waals surface area contributed by atoms with Crippen molar-refractivity contribution >= 4 is 5.69 Å². The van der Waals surface area contributed by atoms with Gasteiger partial charge in [-0.1, -0.05) is 12.1 Å². The van der Waals surface area contributed by atoms with Gasteiger partial charge in [0, 0.05) is 17.9 Å². The molecule has 0 radical (unpaired) electrons. The normalized spacial score (nSPS) is 16.8. The third-order valence-electron chi connectivity index (χ3n) is 3.42. The van der Waals surface area contributed by atoms with E-state index in [0.717, 1.165) is 11.6 Å². The maximum atomic E-state index is 3.96. The summed E-state index contributed by atoms with van der Waals surface area (Å²) in [6.45, 7) is 2.26. The summed E-state index contributed by atoms with van der Waals surface area (Å²) in [4.78, 5) is 0. The van der Waals surface area contributed by atoms with Crippen molar-refractivity contribution in [2.24, 2.45) is 5.92 Å². The van der Waals surface area contributed by atoms with Crippen LogP contribution in [-0.4, -0.2) is 16.2 Å². The molecular formula is C14H17N3. The van der Waals surface area contributed by atoms with Crippen LogP contribution in [0.3, 0.4) is 0 Å². The maximum Gasteiger partial charge on any atom is 0.0650 e. The lowest BCUT2D eigenvalue weighted by molar-refractivity contribution is 0.694. The fourth-order valence-corrected chi connectivity index (χ4v) is 2.14. The number of hydrogen-bond acceptors (Lipinski definition) is 2. The van der Waals surface area contributed by atoms with Crippen LogP contribution in [0.25, 0.3) is 11.3 Å². The number of nitrogens with one attached hydrogen (secondary N) is 2.